The van der Waals surface area contributed by atoms with Crippen molar-refractivity contribution in [1.82, 2.24) is 5.32 Å². The fraction of sp³-hybridized carbons (Fsp3) is 0.538. The summed E-state index contributed by atoms with van der Waals surface area (Å²) in [6.45, 7) is 5.59. The fourth-order valence-corrected chi connectivity index (χ4v) is 3.16. The molecule has 1 unspecified atom stereocenters. The van der Waals surface area contributed by atoms with E-state index in [2.05, 4.69) is 21.2 Å². The van der Waals surface area contributed by atoms with Gasteiger partial charge in [-0.1, -0.05) is 13.8 Å². The zero-order valence-electron chi connectivity index (χ0n) is 11.2. The van der Waals surface area contributed by atoms with Gasteiger partial charge < -0.3 is 10.4 Å². The molecule has 1 aromatic heterocycles. The minimum Gasteiger partial charge on any atom is -0.481 e. The Bertz CT molecular complexity index is 472. The first kappa shape index (κ1) is 16.2. The molecule has 0 saturated carbocycles. The predicted octanol–water partition coefficient (Wildman–Crippen LogP) is 3.06. The molecule has 1 heterocycles. The van der Waals surface area contributed by atoms with Gasteiger partial charge in [-0.05, 0) is 40.9 Å². The normalized spacial score (nSPS) is 14.2. The van der Waals surface area contributed by atoms with Crippen LogP contribution in [0.1, 0.15) is 32.1 Å². The zero-order chi connectivity index (χ0) is 14.6. The number of nitrogens with one attached hydrogen (secondary N) is 1. The number of carboxylic acid groups (broad SMARTS) is 1. The van der Waals surface area contributed by atoms with Crippen LogP contribution < -0.4 is 5.32 Å². The molecule has 1 rings (SSSR count). The summed E-state index contributed by atoms with van der Waals surface area (Å²) in [6.07, 6.45) is 0.197. The Hall–Kier alpha value is -0.880. The fourth-order valence-electron chi connectivity index (χ4n) is 1.67. The number of rotatable bonds is 6. The zero-order valence-corrected chi connectivity index (χ0v) is 13.6. The molecule has 1 amide bonds. The second kappa shape index (κ2) is 6.52. The minimum absolute atomic E-state index is 0.0441. The van der Waals surface area contributed by atoms with Gasteiger partial charge in [-0.15, -0.1) is 11.3 Å². The van der Waals surface area contributed by atoms with Gasteiger partial charge in [-0.25, -0.2) is 0 Å². The number of aliphatic carboxylic acids is 1. The number of amides is 1. The van der Waals surface area contributed by atoms with Crippen molar-refractivity contribution >= 4 is 39.1 Å². The lowest BCUT2D eigenvalue weighted by atomic mass is 9.85. The molecule has 6 heteroatoms. The number of hydrogen-bond donors (Lipinski definition) is 2. The molecular formula is C13H18BrNO3S. The molecule has 4 nitrogen and oxygen atoms in total. The van der Waals surface area contributed by atoms with E-state index in [0.717, 1.165) is 8.66 Å². The van der Waals surface area contributed by atoms with Crippen molar-refractivity contribution in [2.24, 2.45) is 5.92 Å². The highest BCUT2D eigenvalue weighted by Crippen LogP contribution is 2.24. The highest BCUT2D eigenvalue weighted by molar-refractivity contribution is 9.11. The van der Waals surface area contributed by atoms with Gasteiger partial charge >= 0.3 is 5.97 Å². The van der Waals surface area contributed by atoms with Gasteiger partial charge in [0.05, 0.1) is 16.6 Å². The summed E-state index contributed by atoms with van der Waals surface area (Å²) in [5, 5.41) is 11.8. The van der Waals surface area contributed by atoms with Gasteiger partial charge in [0.15, 0.2) is 0 Å². The molecule has 2 N–H and O–H groups in total. The second-order valence-corrected chi connectivity index (χ2v) is 7.62. The minimum atomic E-state index is -0.907. The molecule has 1 atom stereocenters. The SMILES string of the molecule is CC(C)C(C)(CC(=O)O)NC(=O)Cc1ccc(Br)s1. The first-order chi connectivity index (χ1) is 8.73. The summed E-state index contributed by atoms with van der Waals surface area (Å²) >= 11 is 4.85. The third-order valence-corrected chi connectivity index (χ3v) is 4.80. The van der Waals surface area contributed by atoms with Gasteiger partial charge in [0, 0.05) is 10.4 Å². The first-order valence-electron chi connectivity index (χ1n) is 6.00. The van der Waals surface area contributed by atoms with Crippen LogP contribution in [0, 0.1) is 5.92 Å². The molecule has 0 spiro atoms. The Morgan fingerprint density at radius 3 is 2.53 bits per heavy atom. The summed E-state index contributed by atoms with van der Waals surface area (Å²) in [7, 11) is 0. The Balaban J connectivity index is 2.69. The average Bonchev–Trinajstić information content (AvgIpc) is 2.61. The van der Waals surface area contributed by atoms with E-state index in [1.54, 1.807) is 6.92 Å². The van der Waals surface area contributed by atoms with Crippen molar-refractivity contribution in [3.05, 3.63) is 20.8 Å². The van der Waals surface area contributed by atoms with Crippen LogP contribution >= 0.6 is 27.3 Å². The van der Waals surface area contributed by atoms with Crippen LogP contribution in [-0.4, -0.2) is 22.5 Å². The van der Waals surface area contributed by atoms with E-state index in [1.165, 1.54) is 11.3 Å². The van der Waals surface area contributed by atoms with E-state index in [1.807, 2.05) is 26.0 Å². The summed E-state index contributed by atoms with van der Waals surface area (Å²) in [5.41, 5.74) is -0.725. The van der Waals surface area contributed by atoms with E-state index >= 15 is 0 Å². The van der Waals surface area contributed by atoms with E-state index in [-0.39, 0.29) is 24.7 Å². The summed E-state index contributed by atoms with van der Waals surface area (Å²) in [6, 6.07) is 3.78. The van der Waals surface area contributed by atoms with Gasteiger partial charge in [0.25, 0.3) is 0 Å². The van der Waals surface area contributed by atoms with Crippen LogP contribution in [0.15, 0.2) is 15.9 Å². The quantitative estimate of drug-likeness (QED) is 0.830. The Morgan fingerprint density at radius 2 is 2.11 bits per heavy atom. The van der Waals surface area contributed by atoms with Crippen molar-refractivity contribution in [2.75, 3.05) is 0 Å². The molecule has 0 radical (unpaired) electrons. The predicted molar refractivity (Wildman–Crippen MR) is 79.4 cm³/mol. The number of halogens is 1. The highest BCUT2D eigenvalue weighted by Gasteiger charge is 2.32. The maximum absolute atomic E-state index is 12.0. The molecule has 0 aliphatic carbocycles. The standard InChI is InChI=1S/C13H18BrNO3S/c1-8(2)13(3,7-12(17)18)15-11(16)6-9-4-5-10(14)19-9/h4-5,8H,6-7H2,1-3H3,(H,15,16)(H,17,18). The lowest BCUT2D eigenvalue weighted by molar-refractivity contribution is -0.139. The van der Waals surface area contributed by atoms with Crippen molar-refractivity contribution in [2.45, 2.75) is 39.2 Å². The number of hydrogen-bond acceptors (Lipinski definition) is 3. The molecule has 106 valence electrons. The van der Waals surface area contributed by atoms with Crippen molar-refractivity contribution in [3.63, 3.8) is 0 Å². The van der Waals surface area contributed by atoms with Gasteiger partial charge in [0.2, 0.25) is 5.91 Å². The maximum atomic E-state index is 12.0. The van der Waals surface area contributed by atoms with Crippen LogP contribution in [0.3, 0.4) is 0 Å². The van der Waals surface area contributed by atoms with E-state index in [0.29, 0.717) is 0 Å². The monoisotopic (exact) mass is 347 g/mol. The molecule has 0 bridgehead atoms. The molecule has 19 heavy (non-hydrogen) atoms. The smallest absolute Gasteiger partial charge is 0.305 e. The molecule has 0 saturated heterocycles. The van der Waals surface area contributed by atoms with Crippen LogP contribution in [0.5, 0.6) is 0 Å². The number of thiophene rings is 1. The Morgan fingerprint density at radius 1 is 1.47 bits per heavy atom. The maximum Gasteiger partial charge on any atom is 0.305 e. The van der Waals surface area contributed by atoms with Crippen LogP contribution in [-0.2, 0) is 16.0 Å². The lowest BCUT2D eigenvalue weighted by Gasteiger charge is -2.33. The highest BCUT2D eigenvalue weighted by atomic mass is 79.9. The van der Waals surface area contributed by atoms with E-state index in [4.69, 9.17) is 5.11 Å². The van der Waals surface area contributed by atoms with Crippen molar-refractivity contribution in [3.8, 4) is 0 Å². The topological polar surface area (TPSA) is 66.4 Å². The Kier molecular flexibility index (Phi) is 5.55. The van der Waals surface area contributed by atoms with Crippen LogP contribution in [0.25, 0.3) is 0 Å². The Labute approximate surface area is 125 Å². The summed E-state index contributed by atoms with van der Waals surface area (Å²) < 4.78 is 0.979. The van der Waals surface area contributed by atoms with Crippen molar-refractivity contribution < 1.29 is 14.7 Å². The van der Waals surface area contributed by atoms with Gasteiger partial charge in [-0.3, -0.25) is 9.59 Å². The first-order valence-corrected chi connectivity index (χ1v) is 7.61. The molecular weight excluding hydrogens is 330 g/mol. The van der Waals surface area contributed by atoms with Crippen LogP contribution in [0.4, 0.5) is 0 Å². The number of carbonyl (C=O) groups excluding carboxylic acids is 1. The van der Waals surface area contributed by atoms with Crippen molar-refractivity contribution in [1.29, 1.82) is 0 Å². The largest absolute Gasteiger partial charge is 0.481 e. The molecule has 0 aliphatic rings. The van der Waals surface area contributed by atoms with Crippen LogP contribution in [0.2, 0.25) is 0 Å². The third kappa shape index (κ3) is 4.95. The van der Waals surface area contributed by atoms with Gasteiger partial charge in [0.1, 0.15) is 0 Å². The number of carbonyl (C=O) groups is 2. The van der Waals surface area contributed by atoms with Gasteiger partial charge in [-0.2, -0.15) is 0 Å². The molecule has 0 aromatic carbocycles. The van der Waals surface area contributed by atoms with E-state index in [9.17, 15) is 9.59 Å². The molecule has 0 aliphatic heterocycles. The summed E-state index contributed by atoms with van der Waals surface area (Å²) in [5.74, 6) is -1.01. The molecule has 0 fully saturated rings. The summed E-state index contributed by atoms with van der Waals surface area (Å²) in [4.78, 5) is 23.9. The third-order valence-electron chi connectivity index (χ3n) is 3.18. The van der Waals surface area contributed by atoms with E-state index < -0.39 is 11.5 Å². The second-order valence-electron chi connectivity index (χ2n) is 5.07. The number of carboxylic acids is 1. The molecule has 1 aromatic rings. The lowest BCUT2D eigenvalue weighted by Crippen LogP contribution is -2.51. The average molecular weight is 348 g/mol.